The van der Waals surface area contributed by atoms with Crippen molar-refractivity contribution in [1.82, 2.24) is 0 Å². The molecule has 2 spiro atoms. The number of ether oxygens (including phenoxy) is 5. The minimum absolute atomic E-state index is 0.00459. The van der Waals surface area contributed by atoms with Gasteiger partial charge in [0.1, 0.15) is 17.6 Å². The van der Waals surface area contributed by atoms with Crippen LogP contribution in [0.3, 0.4) is 0 Å². The topological polar surface area (TPSA) is 172 Å². The third-order valence-electron chi connectivity index (χ3n) is 11.0. The average molecular weight is 587 g/mol. The average Bonchev–Trinajstić information content (AvgIpc) is 3.51. The predicted molar refractivity (Wildman–Crippen MR) is 137 cm³/mol. The molecule has 4 bridgehead atoms. The molecule has 8 aliphatic rings. The summed E-state index contributed by atoms with van der Waals surface area (Å²) in [5.74, 6) is -8.69. The number of aliphatic hydroxyl groups is 2. The second-order valence-electron chi connectivity index (χ2n) is 13.9. The lowest BCUT2D eigenvalue weighted by Gasteiger charge is -2.56. The number of allylic oxidation sites excluding steroid dienone is 2. The van der Waals surface area contributed by atoms with E-state index in [9.17, 15) is 34.2 Å². The first-order valence-electron chi connectivity index (χ1n) is 14.4. The van der Waals surface area contributed by atoms with Gasteiger partial charge in [0.25, 0.3) is 5.79 Å². The number of carbonyl (C=O) groups excluding carboxylic acids is 5. The van der Waals surface area contributed by atoms with Gasteiger partial charge in [0, 0.05) is 29.2 Å². The second kappa shape index (κ2) is 7.96. The molecule has 12 heteroatoms. The zero-order chi connectivity index (χ0) is 30.4. The summed E-state index contributed by atoms with van der Waals surface area (Å²) in [6.07, 6.45) is 0.361. The van der Waals surface area contributed by atoms with Crippen LogP contribution in [0.1, 0.15) is 66.7 Å². The van der Waals surface area contributed by atoms with Crippen molar-refractivity contribution in [2.75, 3.05) is 0 Å². The van der Waals surface area contributed by atoms with Crippen molar-refractivity contribution in [2.45, 2.75) is 107 Å². The van der Waals surface area contributed by atoms with Gasteiger partial charge < -0.3 is 33.9 Å². The van der Waals surface area contributed by atoms with Crippen LogP contribution in [0.4, 0.5) is 0 Å². The quantitative estimate of drug-likeness (QED) is 0.273. The van der Waals surface area contributed by atoms with Crippen LogP contribution in [0.25, 0.3) is 0 Å². The van der Waals surface area contributed by atoms with E-state index < -0.39 is 99.5 Å². The normalized spacial score (nSPS) is 49.8. The van der Waals surface area contributed by atoms with Crippen LogP contribution in [0.5, 0.6) is 0 Å². The fraction of sp³-hybridized carbons (Fsp3) is 0.700. The lowest BCUT2D eigenvalue weighted by Crippen LogP contribution is -2.77. The summed E-state index contributed by atoms with van der Waals surface area (Å²) in [7, 11) is 0. The molecule has 0 radical (unpaired) electrons. The van der Waals surface area contributed by atoms with Crippen molar-refractivity contribution in [1.29, 1.82) is 0 Å². The minimum Gasteiger partial charge on any atom is -0.450 e. The molecule has 1 saturated carbocycles. The van der Waals surface area contributed by atoms with Gasteiger partial charge in [0.15, 0.2) is 11.4 Å². The lowest BCUT2D eigenvalue weighted by atomic mass is 9.57. The van der Waals surface area contributed by atoms with Crippen molar-refractivity contribution in [3.8, 4) is 0 Å². The molecule has 6 saturated heterocycles. The molecule has 2 N–H and O–H groups in total. The molecule has 8 rings (SSSR count). The summed E-state index contributed by atoms with van der Waals surface area (Å²) >= 11 is 0. The number of hydrogen-bond donors (Lipinski definition) is 2. The highest BCUT2D eigenvalue weighted by Crippen LogP contribution is 2.71. The Morgan fingerprint density at radius 2 is 1.79 bits per heavy atom. The van der Waals surface area contributed by atoms with E-state index in [1.165, 1.54) is 12.2 Å². The third-order valence-corrected chi connectivity index (χ3v) is 11.0. The monoisotopic (exact) mass is 586 g/mol. The van der Waals surface area contributed by atoms with E-state index in [2.05, 4.69) is 0 Å². The molecule has 7 aliphatic heterocycles. The molecule has 10 atom stereocenters. The van der Waals surface area contributed by atoms with Crippen LogP contribution in [-0.2, 0) is 47.7 Å². The van der Waals surface area contributed by atoms with Gasteiger partial charge in [-0.3, -0.25) is 14.4 Å². The van der Waals surface area contributed by atoms with Crippen LogP contribution in [0, 0.1) is 23.2 Å². The van der Waals surface area contributed by atoms with Gasteiger partial charge in [-0.2, -0.15) is 0 Å². The highest BCUT2D eigenvalue weighted by molar-refractivity contribution is 6.12. The van der Waals surface area contributed by atoms with Gasteiger partial charge in [0.05, 0.1) is 24.0 Å². The van der Waals surface area contributed by atoms with E-state index in [-0.39, 0.29) is 31.4 Å². The molecule has 0 aromatic carbocycles. The second-order valence-corrected chi connectivity index (χ2v) is 13.9. The van der Waals surface area contributed by atoms with E-state index in [1.54, 1.807) is 20.8 Å². The fourth-order valence-corrected chi connectivity index (χ4v) is 9.13. The van der Waals surface area contributed by atoms with Crippen molar-refractivity contribution in [3.05, 3.63) is 23.5 Å². The molecule has 1 aliphatic carbocycles. The Hall–Kier alpha value is -2.93. The van der Waals surface area contributed by atoms with Gasteiger partial charge in [-0.05, 0) is 52.2 Å². The number of cyclic esters (lactones) is 1. The van der Waals surface area contributed by atoms with Crippen molar-refractivity contribution in [3.63, 3.8) is 0 Å². The van der Waals surface area contributed by atoms with E-state index in [0.29, 0.717) is 5.57 Å². The Morgan fingerprint density at radius 1 is 1.07 bits per heavy atom. The molecule has 0 aromatic rings. The van der Waals surface area contributed by atoms with Crippen LogP contribution in [0.2, 0.25) is 0 Å². The van der Waals surface area contributed by atoms with Crippen LogP contribution in [-0.4, -0.2) is 80.1 Å². The molecule has 7 fully saturated rings. The van der Waals surface area contributed by atoms with Gasteiger partial charge in [0.2, 0.25) is 11.2 Å². The lowest BCUT2D eigenvalue weighted by molar-refractivity contribution is -0.372. The number of esters is 3. The van der Waals surface area contributed by atoms with E-state index >= 15 is 0 Å². The zero-order valence-corrected chi connectivity index (χ0v) is 24.1. The maximum Gasteiger partial charge on any atom is 0.346 e. The third kappa shape index (κ3) is 3.03. The molecular formula is C30H34O12. The maximum atomic E-state index is 14.2. The van der Waals surface area contributed by atoms with E-state index in [4.69, 9.17) is 23.7 Å². The maximum absolute atomic E-state index is 14.2. The van der Waals surface area contributed by atoms with Gasteiger partial charge in [-0.25, -0.2) is 9.59 Å². The predicted octanol–water partition coefficient (Wildman–Crippen LogP) is 0.951. The van der Waals surface area contributed by atoms with Gasteiger partial charge in [-0.1, -0.05) is 13.8 Å². The molecule has 0 amide bonds. The molecule has 0 unspecified atom stereocenters. The SMILES string of the molecule is CC1=C/C(=C\[C@@H](C)C(=O)[C@@]2(C)CC[C@@]34OC(=O)[C@](O)(C2)C(=O)[C@@H]3[C@H]2C[C@H]3C(C)(C)O[C@@H]5CC(=O)O[C@@]53[C@]4(O)O2)OC1=O. The number of ketones is 2. The first-order chi connectivity index (χ1) is 19.4. The Balaban J connectivity index is 1.33. The molecule has 7 heterocycles. The summed E-state index contributed by atoms with van der Waals surface area (Å²) < 4.78 is 29.5. The fourth-order valence-electron chi connectivity index (χ4n) is 9.13. The summed E-state index contributed by atoms with van der Waals surface area (Å²) in [5.41, 5.74) is -8.45. The number of fused-ring (bicyclic) bond motifs is 6. The summed E-state index contributed by atoms with van der Waals surface area (Å²) in [4.78, 5) is 66.4. The standard InChI is InChI=1S/C30H34O12/c1-13(8-15-9-14(2)23(34)38-15)21(32)26(5)6-7-28-20(22(33)27(36,12-26)24(35)42-28)16-10-17-25(3,4)40-18-11-19(31)41-29(17,18)30(28,37)39-16/h8-9,13,16-18,20,36-37H,6-7,10-12H2,1-5H3/b15-8+/t13-,16-,17+,18-,20+,26+,27+,28-,29-,30-/m1/s1. The number of rotatable bonds is 3. The van der Waals surface area contributed by atoms with Crippen LogP contribution < -0.4 is 0 Å². The van der Waals surface area contributed by atoms with E-state index in [0.717, 1.165) is 0 Å². The number of carbonyl (C=O) groups is 5. The summed E-state index contributed by atoms with van der Waals surface area (Å²) in [5, 5.41) is 24.4. The Labute approximate surface area is 241 Å². The van der Waals surface area contributed by atoms with Crippen LogP contribution in [0.15, 0.2) is 23.5 Å². The first-order valence-corrected chi connectivity index (χ1v) is 14.4. The molecular weight excluding hydrogens is 552 g/mol. The van der Waals surface area contributed by atoms with Crippen molar-refractivity contribution < 1.29 is 57.9 Å². The summed E-state index contributed by atoms with van der Waals surface area (Å²) in [6, 6.07) is 0. The molecule has 42 heavy (non-hydrogen) atoms. The zero-order valence-electron chi connectivity index (χ0n) is 24.1. The van der Waals surface area contributed by atoms with E-state index in [1.807, 2.05) is 13.8 Å². The minimum atomic E-state index is -2.68. The summed E-state index contributed by atoms with van der Waals surface area (Å²) in [6.45, 7) is 8.36. The van der Waals surface area contributed by atoms with Crippen LogP contribution >= 0.6 is 0 Å². The number of hydrogen-bond acceptors (Lipinski definition) is 12. The highest BCUT2D eigenvalue weighted by atomic mass is 16.7. The molecule has 12 nitrogen and oxygen atoms in total. The number of Topliss-reactive ketones (excluding diaryl/α,β-unsaturated/α-hetero) is 2. The largest absolute Gasteiger partial charge is 0.450 e. The Morgan fingerprint density at radius 3 is 2.45 bits per heavy atom. The van der Waals surface area contributed by atoms with Crippen molar-refractivity contribution in [2.24, 2.45) is 23.2 Å². The molecule has 0 aromatic heterocycles. The van der Waals surface area contributed by atoms with Gasteiger partial charge in [-0.15, -0.1) is 0 Å². The molecule has 226 valence electrons. The first kappa shape index (κ1) is 27.9. The Kier molecular flexibility index (Phi) is 5.28. The van der Waals surface area contributed by atoms with Crippen molar-refractivity contribution >= 4 is 29.5 Å². The highest BCUT2D eigenvalue weighted by Gasteiger charge is 2.91. The van der Waals surface area contributed by atoms with Gasteiger partial charge >= 0.3 is 17.9 Å². The Bertz CT molecular complexity index is 1440. The smallest absolute Gasteiger partial charge is 0.346 e.